The number of benzene rings is 2. The zero-order valence-electron chi connectivity index (χ0n) is 15.4. The topological polar surface area (TPSA) is 46.9 Å². The van der Waals surface area contributed by atoms with Crippen molar-refractivity contribution in [3.8, 4) is 5.69 Å². The van der Waals surface area contributed by atoms with Gasteiger partial charge >= 0.3 is 0 Å². The molecule has 0 saturated heterocycles. The summed E-state index contributed by atoms with van der Waals surface area (Å²) in [6, 6.07) is 16.8. The van der Waals surface area contributed by atoms with E-state index in [0.717, 1.165) is 22.6 Å². The molecule has 1 amide bonds. The highest BCUT2D eigenvalue weighted by atomic mass is 16.1. The Balaban J connectivity index is 1.74. The summed E-state index contributed by atoms with van der Waals surface area (Å²) in [4.78, 5) is 12.4. The first-order valence-electron chi connectivity index (χ1n) is 9.07. The number of aromatic nitrogens is 2. The lowest BCUT2D eigenvalue weighted by atomic mass is 9.86. The fraction of sp³-hybridized carbons (Fsp3) is 0.273. The molecule has 2 aromatic carbocycles. The highest BCUT2D eigenvalue weighted by Crippen LogP contribution is 2.38. The second-order valence-corrected chi connectivity index (χ2v) is 7.32. The summed E-state index contributed by atoms with van der Waals surface area (Å²) in [5.41, 5.74) is 5.69. The normalized spacial score (nSPS) is 16.5. The van der Waals surface area contributed by atoms with E-state index < -0.39 is 0 Å². The van der Waals surface area contributed by atoms with Gasteiger partial charge in [-0.3, -0.25) is 4.79 Å². The maximum absolute atomic E-state index is 12.4. The van der Waals surface area contributed by atoms with Gasteiger partial charge in [0.05, 0.1) is 11.9 Å². The molecule has 26 heavy (non-hydrogen) atoms. The van der Waals surface area contributed by atoms with Crippen molar-refractivity contribution in [3.05, 3.63) is 77.0 Å². The molecular formula is C22H23N3O. The molecular weight excluding hydrogens is 322 g/mol. The van der Waals surface area contributed by atoms with E-state index >= 15 is 0 Å². The van der Waals surface area contributed by atoms with E-state index in [1.807, 2.05) is 23.0 Å². The predicted molar refractivity (Wildman–Crippen MR) is 104 cm³/mol. The van der Waals surface area contributed by atoms with Gasteiger partial charge in [0, 0.05) is 17.9 Å². The Morgan fingerprint density at radius 2 is 1.77 bits per heavy atom. The van der Waals surface area contributed by atoms with Crippen molar-refractivity contribution in [2.24, 2.45) is 0 Å². The molecule has 0 aliphatic carbocycles. The number of carbonyl (C=O) groups excluding carboxylic acids is 1. The quantitative estimate of drug-likeness (QED) is 0.743. The van der Waals surface area contributed by atoms with E-state index in [2.05, 4.69) is 67.6 Å². The van der Waals surface area contributed by atoms with Crippen molar-refractivity contribution in [2.75, 3.05) is 5.32 Å². The lowest BCUT2D eigenvalue weighted by Crippen LogP contribution is -2.24. The number of rotatable bonds is 3. The van der Waals surface area contributed by atoms with E-state index in [0.29, 0.717) is 12.3 Å². The average molecular weight is 345 g/mol. The van der Waals surface area contributed by atoms with Crippen molar-refractivity contribution < 1.29 is 4.79 Å². The fourth-order valence-electron chi connectivity index (χ4n) is 3.51. The van der Waals surface area contributed by atoms with Gasteiger partial charge in [0.1, 0.15) is 5.82 Å². The number of nitrogens with zero attached hydrogens (tertiary/aromatic N) is 2. The van der Waals surface area contributed by atoms with Crippen LogP contribution in [0, 0.1) is 6.92 Å². The lowest BCUT2D eigenvalue weighted by molar-refractivity contribution is -0.116. The Morgan fingerprint density at radius 1 is 1.08 bits per heavy atom. The van der Waals surface area contributed by atoms with E-state index in [4.69, 9.17) is 0 Å². The highest BCUT2D eigenvalue weighted by molar-refractivity contribution is 5.94. The molecule has 1 aliphatic rings. The predicted octanol–water partition coefficient (Wildman–Crippen LogP) is 4.78. The van der Waals surface area contributed by atoms with Crippen LogP contribution in [0.5, 0.6) is 0 Å². The summed E-state index contributed by atoms with van der Waals surface area (Å²) in [6.45, 7) is 6.43. The van der Waals surface area contributed by atoms with Gasteiger partial charge in [-0.05, 0) is 36.1 Å². The summed E-state index contributed by atoms with van der Waals surface area (Å²) < 4.78 is 1.82. The van der Waals surface area contributed by atoms with Gasteiger partial charge < -0.3 is 5.32 Å². The van der Waals surface area contributed by atoms with Gasteiger partial charge in [-0.25, -0.2) is 4.68 Å². The molecule has 3 aromatic rings. The molecule has 4 nitrogen and oxygen atoms in total. The number of fused-ring (bicyclic) bond motifs is 1. The minimum absolute atomic E-state index is 0.0318. The molecule has 1 N–H and O–H groups in total. The molecule has 0 fully saturated rings. The Hall–Kier alpha value is -2.88. The van der Waals surface area contributed by atoms with Gasteiger partial charge in [0.25, 0.3) is 0 Å². The van der Waals surface area contributed by atoms with Gasteiger partial charge in [-0.1, -0.05) is 55.8 Å². The standard InChI is InChI=1S/C22H23N3O/c1-14(2)16-6-8-17(9-7-16)19-12-21(26)24-22-20(19)13-23-25(22)18-10-4-15(3)5-11-18/h4-11,13-14,19H,12H2,1-3H3,(H,24,26). The minimum atomic E-state index is 0.0318. The van der Waals surface area contributed by atoms with Gasteiger partial charge in [-0.2, -0.15) is 5.10 Å². The van der Waals surface area contributed by atoms with Gasteiger partial charge in [0.15, 0.2) is 0 Å². The number of hydrogen-bond donors (Lipinski definition) is 1. The SMILES string of the molecule is Cc1ccc(-n2ncc3c2NC(=O)CC3c2ccc(C(C)C)cc2)cc1. The molecule has 2 heterocycles. The molecule has 1 atom stereocenters. The zero-order valence-corrected chi connectivity index (χ0v) is 15.4. The summed E-state index contributed by atoms with van der Waals surface area (Å²) in [7, 11) is 0. The third kappa shape index (κ3) is 2.92. The summed E-state index contributed by atoms with van der Waals surface area (Å²) in [5, 5.41) is 7.57. The van der Waals surface area contributed by atoms with Crippen LogP contribution < -0.4 is 5.32 Å². The summed E-state index contributed by atoms with van der Waals surface area (Å²) in [6.07, 6.45) is 2.34. The average Bonchev–Trinajstić information content (AvgIpc) is 3.05. The molecule has 4 heteroatoms. The van der Waals surface area contributed by atoms with Crippen LogP contribution in [0.3, 0.4) is 0 Å². The Bertz CT molecular complexity index is 937. The lowest BCUT2D eigenvalue weighted by Gasteiger charge is -2.24. The molecule has 0 saturated carbocycles. The third-order valence-corrected chi connectivity index (χ3v) is 5.10. The number of hydrogen-bond acceptors (Lipinski definition) is 2. The van der Waals surface area contributed by atoms with Crippen molar-refractivity contribution in [2.45, 2.75) is 39.0 Å². The first kappa shape index (κ1) is 16.6. The maximum atomic E-state index is 12.4. The molecule has 132 valence electrons. The molecule has 0 radical (unpaired) electrons. The number of aryl methyl sites for hydroxylation is 1. The van der Waals surface area contributed by atoms with Crippen LogP contribution in [0.15, 0.2) is 54.7 Å². The smallest absolute Gasteiger partial charge is 0.226 e. The first-order chi connectivity index (χ1) is 12.5. The van der Waals surface area contributed by atoms with Crippen molar-refractivity contribution in [1.29, 1.82) is 0 Å². The van der Waals surface area contributed by atoms with Crippen LogP contribution in [0.4, 0.5) is 5.82 Å². The van der Waals surface area contributed by atoms with Gasteiger partial charge in [0.2, 0.25) is 5.91 Å². The van der Waals surface area contributed by atoms with Crippen LogP contribution >= 0.6 is 0 Å². The number of carbonyl (C=O) groups is 1. The summed E-state index contributed by atoms with van der Waals surface area (Å²) in [5.74, 6) is 1.35. The largest absolute Gasteiger partial charge is 0.310 e. The van der Waals surface area contributed by atoms with Crippen LogP contribution in [-0.4, -0.2) is 15.7 Å². The zero-order chi connectivity index (χ0) is 18.3. The van der Waals surface area contributed by atoms with Crippen molar-refractivity contribution in [3.63, 3.8) is 0 Å². The van der Waals surface area contributed by atoms with Crippen LogP contribution in [-0.2, 0) is 4.79 Å². The molecule has 1 aromatic heterocycles. The van der Waals surface area contributed by atoms with Crippen molar-refractivity contribution in [1.82, 2.24) is 9.78 Å². The second-order valence-electron chi connectivity index (χ2n) is 7.32. The molecule has 0 bridgehead atoms. The number of amides is 1. The number of anilines is 1. The summed E-state index contributed by atoms with van der Waals surface area (Å²) >= 11 is 0. The maximum Gasteiger partial charge on any atom is 0.226 e. The Morgan fingerprint density at radius 3 is 2.42 bits per heavy atom. The minimum Gasteiger partial charge on any atom is -0.310 e. The monoisotopic (exact) mass is 345 g/mol. The van der Waals surface area contributed by atoms with Crippen molar-refractivity contribution >= 4 is 11.7 Å². The van der Waals surface area contributed by atoms with Gasteiger partial charge in [-0.15, -0.1) is 0 Å². The molecule has 1 unspecified atom stereocenters. The second kappa shape index (κ2) is 6.45. The highest BCUT2D eigenvalue weighted by Gasteiger charge is 2.30. The Kier molecular flexibility index (Phi) is 4.11. The van der Waals surface area contributed by atoms with E-state index in [-0.39, 0.29) is 11.8 Å². The van der Waals surface area contributed by atoms with Crippen LogP contribution in [0.25, 0.3) is 5.69 Å². The first-order valence-corrected chi connectivity index (χ1v) is 9.07. The third-order valence-electron chi connectivity index (χ3n) is 5.10. The Labute approximate surface area is 153 Å². The number of nitrogens with one attached hydrogen (secondary N) is 1. The van der Waals surface area contributed by atoms with E-state index in [1.165, 1.54) is 11.1 Å². The molecule has 0 spiro atoms. The molecule has 4 rings (SSSR count). The van der Waals surface area contributed by atoms with Crippen LogP contribution in [0.1, 0.15) is 54.4 Å². The van der Waals surface area contributed by atoms with E-state index in [1.54, 1.807) is 0 Å². The molecule has 1 aliphatic heterocycles. The van der Waals surface area contributed by atoms with Crippen LogP contribution in [0.2, 0.25) is 0 Å². The fourth-order valence-corrected chi connectivity index (χ4v) is 3.51. The van der Waals surface area contributed by atoms with E-state index in [9.17, 15) is 4.79 Å².